The summed E-state index contributed by atoms with van der Waals surface area (Å²) in [6.45, 7) is 6.48. The van der Waals surface area contributed by atoms with Crippen LogP contribution in [0.1, 0.15) is 38.3 Å². The maximum atomic E-state index is 13.6. The van der Waals surface area contributed by atoms with E-state index in [9.17, 15) is 28.1 Å². The Morgan fingerprint density at radius 3 is 2.26 bits per heavy atom. The Labute approximate surface area is 206 Å². The summed E-state index contributed by atoms with van der Waals surface area (Å²) in [4.78, 5) is 38.5. The molecular weight excluding hydrogens is 472 g/mol. The van der Waals surface area contributed by atoms with Crippen molar-refractivity contribution in [3.8, 4) is 0 Å². The fourth-order valence-electron chi connectivity index (χ4n) is 3.66. The highest BCUT2D eigenvalue weighted by Gasteiger charge is 2.32. The third kappa shape index (κ3) is 7.51. The van der Waals surface area contributed by atoms with Crippen LogP contribution in [0.5, 0.6) is 0 Å². The highest BCUT2D eigenvalue weighted by Crippen LogP contribution is 2.28. The molecule has 1 N–H and O–H groups in total. The van der Waals surface area contributed by atoms with Crippen LogP contribution >= 0.6 is 0 Å². The Hall–Kier alpha value is -3.47. The number of anilines is 1. The van der Waals surface area contributed by atoms with Crippen LogP contribution in [-0.4, -0.2) is 54.9 Å². The van der Waals surface area contributed by atoms with Crippen LogP contribution in [0.2, 0.25) is 0 Å². The fraction of sp³-hybridized carbons (Fsp3) is 0.417. The molecule has 1 atom stereocenters. The lowest BCUT2D eigenvalue weighted by molar-refractivity contribution is -0.384. The van der Waals surface area contributed by atoms with Crippen molar-refractivity contribution in [1.29, 1.82) is 0 Å². The van der Waals surface area contributed by atoms with Gasteiger partial charge in [-0.1, -0.05) is 43.3 Å². The smallest absolute Gasteiger partial charge is 0.271 e. The average Bonchev–Trinajstić information content (AvgIpc) is 2.77. The molecule has 0 aliphatic heterocycles. The number of sulfonamides is 1. The van der Waals surface area contributed by atoms with Gasteiger partial charge in [0.25, 0.3) is 5.69 Å². The molecule has 0 unspecified atom stereocenters. The summed E-state index contributed by atoms with van der Waals surface area (Å²) in [6.07, 6.45) is 1.24. The second kappa shape index (κ2) is 11.8. The fourth-order valence-corrected chi connectivity index (χ4v) is 4.55. The first-order chi connectivity index (χ1) is 16.3. The number of carbonyl (C=O) groups is 2. The number of hydrogen-bond donors (Lipinski definition) is 1. The second-order valence-electron chi connectivity index (χ2n) is 8.59. The Balaban J connectivity index is 2.51. The van der Waals surface area contributed by atoms with Crippen LogP contribution in [0.3, 0.4) is 0 Å². The van der Waals surface area contributed by atoms with Gasteiger partial charge in [0.2, 0.25) is 21.8 Å². The molecule has 10 nitrogen and oxygen atoms in total. The molecule has 0 saturated carbocycles. The van der Waals surface area contributed by atoms with Crippen molar-refractivity contribution >= 4 is 33.2 Å². The van der Waals surface area contributed by atoms with Crippen LogP contribution in [0.15, 0.2) is 48.5 Å². The van der Waals surface area contributed by atoms with Crippen molar-refractivity contribution in [2.75, 3.05) is 17.1 Å². The highest BCUT2D eigenvalue weighted by atomic mass is 32.2. The van der Waals surface area contributed by atoms with Crippen LogP contribution in [0, 0.1) is 17.0 Å². The summed E-state index contributed by atoms with van der Waals surface area (Å²) in [5.74, 6) is -0.944. The molecule has 2 amide bonds. The predicted octanol–water partition coefficient (Wildman–Crippen LogP) is 3.00. The normalized spacial score (nSPS) is 12.2. The number of nitrogens with one attached hydrogen (secondary N) is 1. The Morgan fingerprint density at radius 2 is 1.74 bits per heavy atom. The van der Waals surface area contributed by atoms with Crippen LogP contribution in [-0.2, 0) is 26.2 Å². The number of hydrogen-bond acceptors (Lipinski definition) is 6. The largest absolute Gasteiger partial charge is 0.352 e. The van der Waals surface area contributed by atoms with E-state index in [-0.39, 0.29) is 29.9 Å². The van der Waals surface area contributed by atoms with Gasteiger partial charge in [-0.25, -0.2) is 8.42 Å². The van der Waals surface area contributed by atoms with Gasteiger partial charge in [0.15, 0.2) is 0 Å². The summed E-state index contributed by atoms with van der Waals surface area (Å²) in [5.41, 5.74) is 0.965. The molecule has 0 aliphatic carbocycles. The maximum Gasteiger partial charge on any atom is 0.271 e. The first-order valence-electron chi connectivity index (χ1n) is 11.2. The lowest BCUT2D eigenvalue weighted by Crippen LogP contribution is -2.53. The SMILES string of the molecule is CC[C@H](C(=O)NC(C)C)N(Cc1ccccc1)C(=O)CN(c1cc([N+](=O)[O-])ccc1C)S(C)(=O)=O. The number of amides is 2. The van der Waals surface area contributed by atoms with Gasteiger partial charge in [-0.05, 0) is 38.3 Å². The summed E-state index contributed by atoms with van der Waals surface area (Å²) in [6, 6.07) is 11.9. The standard InChI is InChI=1S/C24H32N4O6S/c1-6-21(24(30)25-17(2)3)26(15-19-10-8-7-9-11-19)23(29)16-27(35(5,33)34)22-14-20(28(31)32)13-12-18(22)4/h7-14,17,21H,6,15-16H2,1-5H3,(H,25,30)/t21-/m1/s1. The molecule has 0 bridgehead atoms. The summed E-state index contributed by atoms with van der Waals surface area (Å²) < 4.78 is 26.3. The molecule has 190 valence electrons. The molecule has 0 fully saturated rings. The number of nitro benzene ring substituents is 1. The van der Waals surface area contributed by atoms with Crippen LogP contribution in [0.25, 0.3) is 0 Å². The Morgan fingerprint density at radius 1 is 1.11 bits per heavy atom. The van der Waals surface area contributed by atoms with E-state index in [1.54, 1.807) is 13.8 Å². The molecule has 11 heteroatoms. The molecule has 2 aromatic carbocycles. The Kier molecular flexibility index (Phi) is 9.35. The van der Waals surface area contributed by atoms with E-state index >= 15 is 0 Å². The monoisotopic (exact) mass is 504 g/mol. The number of non-ortho nitro benzene ring substituents is 1. The minimum Gasteiger partial charge on any atom is -0.352 e. The molecule has 2 rings (SSSR count). The van der Waals surface area contributed by atoms with Gasteiger partial charge in [0.1, 0.15) is 12.6 Å². The molecular formula is C24H32N4O6S. The zero-order valence-corrected chi connectivity index (χ0v) is 21.4. The highest BCUT2D eigenvalue weighted by molar-refractivity contribution is 7.92. The van der Waals surface area contributed by atoms with Gasteiger partial charge < -0.3 is 10.2 Å². The summed E-state index contributed by atoms with van der Waals surface area (Å²) in [7, 11) is -3.99. The van der Waals surface area contributed by atoms with Crippen molar-refractivity contribution < 1.29 is 22.9 Å². The first-order valence-corrected chi connectivity index (χ1v) is 13.1. The summed E-state index contributed by atoms with van der Waals surface area (Å²) >= 11 is 0. The van der Waals surface area contributed by atoms with E-state index in [4.69, 9.17) is 0 Å². The van der Waals surface area contributed by atoms with E-state index in [1.807, 2.05) is 44.2 Å². The van der Waals surface area contributed by atoms with Gasteiger partial charge in [-0.3, -0.25) is 24.0 Å². The molecule has 0 heterocycles. The lowest BCUT2D eigenvalue weighted by Gasteiger charge is -2.33. The van der Waals surface area contributed by atoms with Crippen molar-refractivity contribution in [1.82, 2.24) is 10.2 Å². The molecule has 0 saturated heterocycles. The van der Waals surface area contributed by atoms with E-state index in [0.717, 1.165) is 22.2 Å². The number of aryl methyl sites for hydroxylation is 1. The van der Waals surface area contributed by atoms with E-state index < -0.39 is 33.4 Å². The van der Waals surface area contributed by atoms with Gasteiger partial charge >= 0.3 is 0 Å². The Bertz CT molecular complexity index is 1170. The molecule has 35 heavy (non-hydrogen) atoms. The average molecular weight is 505 g/mol. The summed E-state index contributed by atoms with van der Waals surface area (Å²) in [5, 5.41) is 14.1. The second-order valence-corrected chi connectivity index (χ2v) is 10.5. The van der Waals surface area contributed by atoms with E-state index in [1.165, 1.54) is 17.0 Å². The minimum absolute atomic E-state index is 0.0365. The van der Waals surface area contributed by atoms with Crippen LogP contribution in [0.4, 0.5) is 11.4 Å². The van der Waals surface area contributed by atoms with Gasteiger partial charge in [-0.2, -0.15) is 0 Å². The number of carbonyl (C=O) groups excluding carboxylic acids is 2. The number of nitro groups is 1. The predicted molar refractivity (Wildman–Crippen MR) is 134 cm³/mol. The zero-order valence-electron chi connectivity index (χ0n) is 20.6. The van der Waals surface area contributed by atoms with E-state index in [0.29, 0.717) is 12.0 Å². The topological polar surface area (TPSA) is 130 Å². The third-order valence-corrected chi connectivity index (χ3v) is 6.49. The number of rotatable bonds is 11. The maximum absolute atomic E-state index is 13.6. The van der Waals surface area contributed by atoms with Crippen molar-refractivity contribution in [3.63, 3.8) is 0 Å². The van der Waals surface area contributed by atoms with Crippen molar-refractivity contribution in [2.45, 2.75) is 52.7 Å². The zero-order chi connectivity index (χ0) is 26.3. The number of nitrogens with zero attached hydrogens (tertiary/aromatic N) is 3. The molecule has 0 aliphatic rings. The van der Waals surface area contributed by atoms with Gasteiger partial charge in [0, 0.05) is 24.7 Å². The van der Waals surface area contributed by atoms with Crippen molar-refractivity contribution in [3.05, 3.63) is 69.8 Å². The van der Waals surface area contributed by atoms with Gasteiger partial charge in [-0.15, -0.1) is 0 Å². The van der Waals surface area contributed by atoms with E-state index in [2.05, 4.69) is 5.32 Å². The lowest BCUT2D eigenvalue weighted by atomic mass is 10.1. The number of benzene rings is 2. The quantitative estimate of drug-likeness (QED) is 0.370. The van der Waals surface area contributed by atoms with Crippen LogP contribution < -0.4 is 9.62 Å². The molecule has 0 aromatic heterocycles. The molecule has 0 spiro atoms. The molecule has 2 aromatic rings. The molecule has 0 radical (unpaired) electrons. The first kappa shape index (κ1) is 27.8. The minimum atomic E-state index is -3.99. The van der Waals surface area contributed by atoms with Gasteiger partial charge in [0.05, 0.1) is 16.9 Å². The van der Waals surface area contributed by atoms with Crippen molar-refractivity contribution in [2.24, 2.45) is 0 Å². The third-order valence-electron chi connectivity index (χ3n) is 5.36.